The number of ether oxygens (including phenoxy) is 1. The third kappa shape index (κ3) is 3.72. The summed E-state index contributed by atoms with van der Waals surface area (Å²) >= 11 is 9.42. The molecule has 19 heavy (non-hydrogen) atoms. The smallest absolute Gasteiger partial charge is 0.128 e. The van der Waals surface area contributed by atoms with Crippen LogP contribution in [0.3, 0.4) is 0 Å². The Bertz CT molecular complexity index is 602. The normalized spacial score (nSPS) is 10.8. The standard InChI is InChI=1S/C14H11BrClNO2/c15-12-5-6-14(11(7-12)8-17-18)19-9-10-3-1-2-4-13(10)16/h1-8,18H,9H2/b17-8+. The van der Waals surface area contributed by atoms with Gasteiger partial charge >= 0.3 is 0 Å². The average Bonchev–Trinajstić information content (AvgIpc) is 2.40. The maximum absolute atomic E-state index is 8.64. The zero-order valence-corrected chi connectivity index (χ0v) is 12.2. The summed E-state index contributed by atoms with van der Waals surface area (Å²) < 4.78 is 6.59. The molecule has 0 aromatic heterocycles. The molecule has 0 aliphatic rings. The van der Waals surface area contributed by atoms with Gasteiger partial charge in [0.05, 0.1) is 6.21 Å². The summed E-state index contributed by atoms with van der Waals surface area (Å²) in [5.41, 5.74) is 1.59. The van der Waals surface area contributed by atoms with E-state index in [-0.39, 0.29) is 0 Å². The van der Waals surface area contributed by atoms with Crippen LogP contribution in [0, 0.1) is 0 Å². The Morgan fingerprint density at radius 1 is 1.26 bits per heavy atom. The highest BCUT2D eigenvalue weighted by Crippen LogP contribution is 2.24. The number of oxime groups is 1. The maximum Gasteiger partial charge on any atom is 0.128 e. The minimum absolute atomic E-state index is 0.355. The predicted octanol–water partition coefficient (Wildman–Crippen LogP) is 4.49. The molecule has 98 valence electrons. The van der Waals surface area contributed by atoms with Crippen LogP contribution in [-0.2, 0) is 6.61 Å². The van der Waals surface area contributed by atoms with Crippen LogP contribution in [0.5, 0.6) is 5.75 Å². The predicted molar refractivity (Wildman–Crippen MR) is 79.3 cm³/mol. The van der Waals surface area contributed by atoms with E-state index in [1.54, 1.807) is 6.07 Å². The van der Waals surface area contributed by atoms with Crippen molar-refractivity contribution in [2.75, 3.05) is 0 Å². The highest BCUT2D eigenvalue weighted by molar-refractivity contribution is 9.10. The monoisotopic (exact) mass is 339 g/mol. The SMILES string of the molecule is O/N=C/c1cc(Br)ccc1OCc1ccccc1Cl. The van der Waals surface area contributed by atoms with Crippen molar-refractivity contribution in [3.05, 3.63) is 63.1 Å². The summed E-state index contributed by atoms with van der Waals surface area (Å²) in [6.07, 6.45) is 1.33. The second-order valence-electron chi connectivity index (χ2n) is 3.81. The van der Waals surface area contributed by atoms with Crippen LogP contribution in [0.1, 0.15) is 11.1 Å². The second-order valence-corrected chi connectivity index (χ2v) is 5.13. The first-order valence-electron chi connectivity index (χ1n) is 5.54. The van der Waals surface area contributed by atoms with Gasteiger partial charge in [-0.25, -0.2) is 0 Å². The van der Waals surface area contributed by atoms with E-state index in [4.69, 9.17) is 21.5 Å². The lowest BCUT2D eigenvalue weighted by Gasteiger charge is -2.10. The minimum atomic E-state index is 0.355. The van der Waals surface area contributed by atoms with Crippen LogP contribution < -0.4 is 4.74 Å². The van der Waals surface area contributed by atoms with Gasteiger partial charge in [0.25, 0.3) is 0 Å². The number of hydrogen-bond donors (Lipinski definition) is 1. The minimum Gasteiger partial charge on any atom is -0.488 e. The Morgan fingerprint density at radius 2 is 2.05 bits per heavy atom. The van der Waals surface area contributed by atoms with Crippen molar-refractivity contribution >= 4 is 33.7 Å². The summed E-state index contributed by atoms with van der Waals surface area (Å²) in [5, 5.41) is 12.3. The molecule has 0 fully saturated rings. The molecule has 0 radical (unpaired) electrons. The van der Waals surface area contributed by atoms with Gasteiger partial charge in [0.15, 0.2) is 0 Å². The maximum atomic E-state index is 8.64. The quantitative estimate of drug-likeness (QED) is 0.506. The molecule has 0 saturated heterocycles. The van der Waals surface area contributed by atoms with Crippen molar-refractivity contribution in [3.63, 3.8) is 0 Å². The zero-order valence-electron chi connectivity index (χ0n) is 9.88. The molecule has 0 aliphatic heterocycles. The summed E-state index contributed by atoms with van der Waals surface area (Å²) in [7, 11) is 0. The topological polar surface area (TPSA) is 41.8 Å². The van der Waals surface area contributed by atoms with Crippen LogP contribution in [-0.4, -0.2) is 11.4 Å². The van der Waals surface area contributed by atoms with E-state index in [9.17, 15) is 0 Å². The molecule has 2 aromatic rings. The van der Waals surface area contributed by atoms with Crippen molar-refractivity contribution in [2.45, 2.75) is 6.61 Å². The molecule has 2 rings (SSSR count). The Hall–Kier alpha value is -1.52. The van der Waals surface area contributed by atoms with E-state index in [1.165, 1.54) is 6.21 Å². The van der Waals surface area contributed by atoms with Gasteiger partial charge in [0, 0.05) is 20.6 Å². The van der Waals surface area contributed by atoms with Crippen molar-refractivity contribution in [2.24, 2.45) is 5.16 Å². The summed E-state index contributed by atoms with van der Waals surface area (Å²) in [6, 6.07) is 13.0. The lowest BCUT2D eigenvalue weighted by atomic mass is 10.2. The fourth-order valence-corrected chi connectivity index (χ4v) is 2.15. The summed E-state index contributed by atoms with van der Waals surface area (Å²) in [4.78, 5) is 0. The van der Waals surface area contributed by atoms with E-state index >= 15 is 0 Å². The highest BCUT2D eigenvalue weighted by atomic mass is 79.9. The van der Waals surface area contributed by atoms with Crippen LogP contribution in [0.15, 0.2) is 52.1 Å². The molecule has 0 heterocycles. The number of halogens is 2. The molecular formula is C14H11BrClNO2. The zero-order chi connectivity index (χ0) is 13.7. The molecule has 0 atom stereocenters. The molecule has 5 heteroatoms. The second kappa shape index (κ2) is 6.59. The van der Waals surface area contributed by atoms with Gasteiger partial charge in [0.2, 0.25) is 0 Å². The first-order valence-corrected chi connectivity index (χ1v) is 6.71. The molecule has 1 N–H and O–H groups in total. The third-order valence-corrected chi connectivity index (χ3v) is 3.37. The number of hydrogen-bond acceptors (Lipinski definition) is 3. The Kier molecular flexibility index (Phi) is 4.82. The number of nitrogens with zero attached hydrogens (tertiary/aromatic N) is 1. The van der Waals surface area contributed by atoms with Crippen LogP contribution >= 0.6 is 27.5 Å². The van der Waals surface area contributed by atoms with E-state index in [0.29, 0.717) is 22.9 Å². The van der Waals surface area contributed by atoms with Gasteiger partial charge in [-0.05, 0) is 24.3 Å². The van der Waals surface area contributed by atoms with Gasteiger partial charge < -0.3 is 9.94 Å². The third-order valence-electron chi connectivity index (χ3n) is 2.51. The molecule has 0 amide bonds. The fourth-order valence-electron chi connectivity index (χ4n) is 1.58. The molecule has 3 nitrogen and oxygen atoms in total. The largest absolute Gasteiger partial charge is 0.488 e. The molecule has 0 spiro atoms. The Labute approximate surface area is 124 Å². The lowest BCUT2D eigenvalue weighted by Crippen LogP contribution is -1.99. The number of benzene rings is 2. The van der Waals surface area contributed by atoms with Crippen molar-refractivity contribution in [1.82, 2.24) is 0 Å². The van der Waals surface area contributed by atoms with Crippen LogP contribution in [0.4, 0.5) is 0 Å². The Morgan fingerprint density at radius 3 is 2.79 bits per heavy atom. The molecule has 0 aliphatic carbocycles. The fraction of sp³-hybridized carbons (Fsp3) is 0.0714. The van der Waals surface area contributed by atoms with E-state index in [1.807, 2.05) is 36.4 Å². The van der Waals surface area contributed by atoms with Gasteiger partial charge in [0.1, 0.15) is 12.4 Å². The molecule has 0 unspecified atom stereocenters. The molecule has 0 bridgehead atoms. The first-order chi connectivity index (χ1) is 9.20. The first kappa shape index (κ1) is 13.9. The van der Waals surface area contributed by atoms with E-state index < -0.39 is 0 Å². The van der Waals surface area contributed by atoms with Gasteiger partial charge in [-0.1, -0.05) is 50.9 Å². The van der Waals surface area contributed by atoms with E-state index in [2.05, 4.69) is 21.1 Å². The van der Waals surface area contributed by atoms with Crippen molar-refractivity contribution in [1.29, 1.82) is 0 Å². The molecular weight excluding hydrogens is 330 g/mol. The average molecular weight is 341 g/mol. The summed E-state index contributed by atoms with van der Waals surface area (Å²) in [5.74, 6) is 0.626. The van der Waals surface area contributed by atoms with Crippen molar-refractivity contribution in [3.8, 4) is 5.75 Å². The summed E-state index contributed by atoms with van der Waals surface area (Å²) in [6.45, 7) is 0.355. The molecule has 0 saturated carbocycles. The highest BCUT2D eigenvalue weighted by Gasteiger charge is 2.05. The van der Waals surface area contributed by atoms with Gasteiger partial charge in [-0.2, -0.15) is 0 Å². The van der Waals surface area contributed by atoms with Gasteiger partial charge in [-0.15, -0.1) is 0 Å². The van der Waals surface area contributed by atoms with E-state index in [0.717, 1.165) is 10.0 Å². The molecule has 2 aromatic carbocycles. The van der Waals surface area contributed by atoms with Crippen molar-refractivity contribution < 1.29 is 9.94 Å². The van der Waals surface area contributed by atoms with Crippen LogP contribution in [0.2, 0.25) is 5.02 Å². The lowest BCUT2D eigenvalue weighted by molar-refractivity contribution is 0.304. The number of rotatable bonds is 4. The van der Waals surface area contributed by atoms with Gasteiger partial charge in [-0.3, -0.25) is 0 Å². The van der Waals surface area contributed by atoms with Crippen LogP contribution in [0.25, 0.3) is 0 Å². The Balaban J connectivity index is 2.18.